The maximum absolute atomic E-state index is 9.89. The normalized spacial score (nSPS) is 10.2. The first-order valence-corrected chi connectivity index (χ1v) is 2.95. The number of carboxylic acids is 2. The van der Waals surface area contributed by atoms with Crippen LogP contribution in [0.25, 0.3) is 0 Å². The Morgan fingerprint density at radius 2 is 2.00 bits per heavy atom. The summed E-state index contributed by atoms with van der Waals surface area (Å²) in [5, 5.41) is 18.7. The molecule has 0 aliphatic rings. The minimum absolute atomic E-state index is 0.163. The first-order valence-electron chi connectivity index (χ1n) is 2.95. The van der Waals surface area contributed by atoms with Crippen molar-refractivity contribution in [2.24, 2.45) is 0 Å². The first-order chi connectivity index (χ1) is 5.13. The predicted molar refractivity (Wildman–Crippen MR) is 37.3 cm³/mol. The number of nitrogens with one attached hydrogen (secondary N) is 1. The molecule has 0 radical (unpaired) electrons. The molecule has 0 unspecified atom stereocenters. The fourth-order valence-corrected chi connectivity index (χ4v) is 0.422. The molecule has 5 nitrogen and oxygen atoms in total. The molecule has 0 aromatic heterocycles. The van der Waals surface area contributed by atoms with Gasteiger partial charge in [-0.25, -0.2) is 4.79 Å². The molecule has 11 heavy (non-hydrogen) atoms. The van der Waals surface area contributed by atoms with Gasteiger partial charge in [0.15, 0.2) is 0 Å². The summed E-state index contributed by atoms with van der Waals surface area (Å²) in [5.74, 6) is -2.00. The van der Waals surface area contributed by atoms with Crippen LogP contribution in [0, 0.1) is 0 Å². The zero-order valence-electron chi connectivity index (χ0n) is 5.78. The summed E-state index contributed by atoms with van der Waals surface area (Å²) in [5.41, 5.74) is 0. The fraction of sp³-hybridized carbons (Fsp3) is 0.333. The predicted octanol–water partition coefficient (Wildman–Crippen LogP) is -0.699. The van der Waals surface area contributed by atoms with Crippen molar-refractivity contribution in [2.45, 2.75) is 0 Å². The van der Waals surface area contributed by atoms with E-state index in [1.807, 2.05) is 0 Å². The maximum atomic E-state index is 9.89. The van der Waals surface area contributed by atoms with Crippen LogP contribution in [0.5, 0.6) is 0 Å². The third-order valence-corrected chi connectivity index (χ3v) is 0.799. The van der Waals surface area contributed by atoms with E-state index < -0.39 is 11.9 Å². The minimum atomic E-state index is -1.04. The highest BCUT2D eigenvalue weighted by Crippen LogP contribution is 1.70. The van der Waals surface area contributed by atoms with Gasteiger partial charge >= 0.3 is 11.9 Å². The molecular weight excluding hydrogens is 150 g/mol. The smallest absolute Gasteiger partial charge is 0.328 e. The Labute approximate surface area is 63.3 Å². The van der Waals surface area contributed by atoms with E-state index in [1.54, 1.807) is 0 Å². The number of hydrogen-bond donors (Lipinski definition) is 3. The van der Waals surface area contributed by atoms with Gasteiger partial charge in [-0.15, -0.1) is 0 Å². The van der Waals surface area contributed by atoms with E-state index in [0.717, 1.165) is 6.08 Å². The SMILES string of the molecule is O=C(O)C=CCNCC(=O)O. The second-order valence-corrected chi connectivity index (χ2v) is 1.77. The van der Waals surface area contributed by atoms with Gasteiger partial charge in [0, 0.05) is 12.6 Å². The van der Waals surface area contributed by atoms with Gasteiger partial charge in [0.1, 0.15) is 0 Å². The molecule has 0 aliphatic heterocycles. The molecule has 0 aromatic carbocycles. The first kappa shape index (κ1) is 9.64. The molecule has 0 aliphatic carbocycles. The number of carboxylic acid groups (broad SMARTS) is 2. The molecule has 0 rings (SSSR count). The summed E-state index contributed by atoms with van der Waals surface area (Å²) < 4.78 is 0. The van der Waals surface area contributed by atoms with Gasteiger partial charge in [-0.3, -0.25) is 4.79 Å². The summed E-state index contributed by atoms with van der Waals surface area (Å²) >= 11 is 0. The van der Waals surface area contributed by atoms with Crippen LogP contribution in [0.1, 0.15) is 0 Å². The van der Waals surface area contributed by atoms with Gasteiger partial charge in [-0.05, 0) is 0 Å². The molecule has 0 fully saturated rings. The standard InChI is InChI=1S/C6H9NO4/c8-5(9)2-1-3-7-4-6(10)11/h1-2,7H,3-4H2,(H,8,9)(H,10,11). The highest BCUT2D eigenvalue weighted by Gasteiger charge is 1.91. The zero-order chi connectivity index (χ0) is 8.69. The lowest BCUT2D eigenvalue weighted by atomic mass is 10.5. The lowest BCUT2D eigenvalue weighted by molar-refractivity contribution is -0.136. The largest absolute Gasteiger partial charge is 0.480 e. The van der Waals surface area contributed by atoms with Gasteiger partial charge in [-0.1, -0.05) is 6.08 Å². The van der Waals surface area contributed by atoms with Gasteiger partial charge in [0.05, 0.1) is 6.54 Å². The van der Waals surface area contributed by atoms with Crippen LogP contribution >= 0.6 is 0 Å². The van der Waals surface area contributed by atoms with Crippen molar-refractivity contribution in [3.05, 3.63) is 12.2 Å². The van der Waals surface area contributed by atoms with Crippen LogP contribution < -0.4 is 5.32 Å². The fourth-order valence-electron chi connectivity index (χ4n) is 0.422. The lowest BCUT2D eigenvalue weighted by Crippen LogP contribution is -2.22. The summed E-state index contributed by atoms with van der Waals surface area (Å²) in [6, 6.07) is 0. The van der Waals surface area contributed by atoms with E-state index in [1.165, 1.54) is 6.08 Å². The molecule has 0 amide bonds. The van der Waals surface area contributed by atoms with E-state index >= 15 is 0 Å². The van der Waals surface area contributed by atoms with Gasteiger partial charge in [0.25, 0.3) is 0 Å². The van der Waals surface area contributed by atoms with Crippen molar-refractivity contribution in [1.82, 2.24) is 5.32 Å². The topological polar surface area (TPSA) is 86.6 Å². The maximum Gasteiger partial charge on any atom is 0.328 e. The molecule has 62 valence electrons. The summed E-state index contributed by atoms with van der Waals surface area (Å²) in [7, 11) is 0. The molecular formula is C6H9NO4. The molecule has 0 heterocycles. The Bertz CT molecular complexity index is 175. The van der Waals surface area contributed by atoms with Crippen molar-refractivity contribution in [1.29, 1.82) is 0 Å². The Balaban J connectivity index is 3.27. The van der Waals surface area contributed by atoms with Crippen LogP contribution in [-0.4, -0.2) is 35.2 Å². The average molecular weight is 159 g/mol. The second kappa shape index (κ2) is 5.43. The van der Waals surface area contributed by atoms with Crippen molar-refractivity contribution in [2.75, 3.05) is 13.1 Å². The number of rotatable bonds is 5. The monoisotopic (exact) mass is 159 g/mol. The van der Waals surface area contributed by atoms with Crippen molar-refractivity contribution in [3.8, 4) is 0 Å². The molecule has 0 atom stereocenters. The molecule has 0 bridgehead atoms. The molecule has 0 saturated carbocycles. The summed E-state index contributed by atoms with van der Waals surface area (Å²) in [4.78, 5) is 19.8. The second-order valence-electron chi connectivity index (χ2n) is 1.77. The van der Waals surface area contributed by atoms with Crippen molar-refractivity contribution < 1.29 is 19.8 Å². The summed E-state index contributed by atoms with van der Waals surface area (Å²) in [6.45, 7) is 0.0859. The number of hydrogen-bond acceptors (Lipinski definition) is 3. The van der Waals surface area contributed by atoms with Gasteiger partial charge < -0.3 is 15.5 Å². The Kier molecular flexibility index (Phi) is 4.76. The summed E-state index contributed by atoms with van der Waals surface area (Å²) in [6.07, 6.45) is 2.29. The molecule has 5 heteroatoms. The quantitative estimate of drug-likeness (QED) is 0.365. The van der Waals surface area contributed by atoms with Crippen molar-refractivity contribution >= 4 is 11.9 Å². The van der Waals surface area contributed by atoms with Crippen LogP contribution in [0.2, 0.25) is 0 Å². The third kappa shape index (κ3) is 8.64. The third-order valence-electron chi connectivity index (χ3n) is 0.799. The number of carbonyl (C=O) groups is 2. The molecule has 0 saturated heterocycles. The lowest BCUT2D eigenvalue weighted by Gasteiger charge is -1.93. The van der Waals surface area contributed by atoms with Crippen LogP contribution in [0.3, 0.4) is 0 Å². The van der Waals surface area contributed by atoms with E-state index in [-0.39, 0.29) is 13.1 Å². The van der Waals surface area contributed by atoms with E-state index in [2.05, 4.69) is 5.32 Å². The molecule has 3 N–H and O–H groups in total. The average Bonchev–Trinajstić information content (AvgIpc) is 1.85. The molecule has 0 spiro atoms. The Hall–Kier alpha value is -1.36. The van der Waals surface area contributed by atoms with Crippen LogP contribution in [0.15, 0.2) is 12.2 Å². The zero-order valence-corrected chi connectivity index (χ0v) is 5.78. The molecule has 0 aromatic rings. The number of aliphatic carboxylic acids is 2. The highest BCUT2D eigenvalue weighted by molar-refractivity contribution is 5.79. The van der Waals surface area contributed by atoms with Crippen LogP contribution in [0.4, 0.5) is 0 Å². The van der Waals surface area contributed by atoms with E-state index in [0.29, 0.717) is 0 Å². The van der Waals surface area contributed by atoms with Crippen molar-refractivity contribution in [3.63, 3.8) is 0 Å². The Morgan fingerprint density at radius 3 is 2.45 bits per heavy atom. The minimum Gasteiger partial charge on any atom is -0.480 e. The van der Waals surface area contributed by atoms with Gasteiger partial charge in [-0.2, -0.15) is 0 Å². The highest BCUT2D eigenvalue weighted by atomic mass is 16.4. The van der Waals surface area contributed by atoms with E-state index in [4.69, 9.17) is 10.2 Å². The Morgan fingerprint density at radius 1 is 1.36 bits per heavy atom. The van der Waals surface area contributed by atoms with Crippen LogP contribution in [-0.2, 0) is 9.59 Å². The van der Waals surface area contributed by atoms with E-state index in [9.17, 15) is 9.59 Å². The van der Waals surface area contributed by atoms with Gasteiger partial charge in [0.2, 0.25) is 0 Å².